The van der Waals surface area contributed by atoms with Crippen LogP contribution in [0.15, 0.2) is 48.8 Å². The van der Waals surface area contributed by atoms with Gasteiger partial charge in [0.1, 0.15) is 0 Å². The van der Waals surface area contributed by atoms with Crippen molar-refractivity contribution in [2.24, 2.45) is 35.0 Å². The first-order valence-electron chi connectivity index (χ1n) is 13.2. The normalized spacial score (nSPS) is 29.1. The van der Waals surface area contributed by atoms with E-state index in [1.54, 1.807) is 0 Å². The third kappa shape index (κ3) is 5.61. The van der Waals surface area contributed by atoms with E-state index in [1.165, 1.54) is 49.9 Å². The number of hydrogen-bond donors (Lipinski definition) is 0. The van der Waals surface area contributed by atoms with Crippen molar-refractivity contribution in [3.8, 4) is 0 Å². The molecule has 32 heavy (non-hydrogen) atoms. The second-order valence-electron chi connectivity index (χ2n) is 11.0. The smallest absolute Gasteiger partial charge is 0.0434 e. The van der Waals surface area contributed by atoms with E-state index >= 15 is 0 Å². The maximum Gasteiger partial charge on any atom is 0.0434 e. The molecule has 2 aromatic heterocycles. The molecule has 0 saturated heterocycles. The highest BCUT2D eigenvalue weighted by molar-refractivity contribution is 5.11. The van der Waals surface area contributed by atoms with Gasteiger partial charge < -0.3 is 0 Å². The molecule has 7 unspecified atom stereocenters. The lowest BCUT2D eigenvalue weighted by atomic mass is 9.57. The average Bonchev–Trinajstić information content (AvgIpc) is 2.94. The zero-order valence-corrected chi connectivity index (χ0v) is 21.4. The molecule has 1 fully saturated rings. The second-order valence-corrected chi connectivity index (χ2v) is 11.0. The SMILES string of the molecule is CCCC1(C)C(C)C(C(C)CCc2ccccn2)CCCC1C(C)C(C)c1ccccn1. The third-order valence-corrected chi connectivity index (χ3v) is 9.26. The van der Waals surface area contributed by atoms with E-state index < -0.39 is 0 Å². The molecule has 1 aliphatic rings. The van der Waals surface area contributed by atoms with Crippen LogP contribution < -0.4 is 0 Å². The molecule has 0 aromatic carbocycles. The molecule has 0 bridgehead atoms. The van der Waals surface area contributed by atoms with Gasteiger partial charge in [-0.15, -0.1) is 0 Å². The zero-order valence-electron chi connectivity index (χ0n) is 21.4. The van der Waals surface area contributed by atoms with E-state index in [0.29, 0.717) is 17.3 Å². The van der Waals surface area contributed by atoms with E-state index in [4.69, 9.17) is 4.98 Å². The Morgan fingerprint density at radius 1 is 1.00 bits per heavy atom. The fraction of sp³-hybridized carbons (Fsp3) is 0.667. The van der Waals surface area contributed by atoms with Crippen LogP contribution in [0, 0.1) is 35.0 Å². The minimum absolute atomic E-state index is 0.387. The van der Waals surface area contributed by atoms with Gasteiger partial charge in [-0.2, -0.15) is 0 Å². The monoisotopic (exact) mass is 434 g/mol. The topological polar surface area (TPSA) is 25.8 Å². The van der Waals surface area contributed by atoms with E-state index in [9.17, 15) is 0 Å². The standard InChI is InChI=1S/C30H46N2/c1-7-19-30(6)25(5)27(22(2)17-18-26-13-8-10-20-31-26)14-12-15-28(30)23(3)24(4)29-16-9-11-21-32-29/h8-11,13,16,20-25,27-28H,7,12,14-15,17-19H2,1-6H3. The molecular formula is C30H46N2. The van der Waals surface area contributed by atoms with Gasteiger partial charge in [-0.05, 0) is 91.4 Å². The molecular weight excluding hydrogens is 388 g/mol. The molecule has 0 radical (unpaired) electrons. The minimum atomic E-state index is 0.387. The summed E-state index contributed by atoms with van der Waals surface area (Å²) in [7, 11) is 0. The lowest BCUT2D eigenvalue weighted by molar-refractivity contribution is 0.0123. The van der Waals surface area contributed by atoms with Gasteiger partial charge in [0, 0.05) is 29.7 Å². The average molecular weight is 435 g/mol. The molecule has 7 atom stereocenters. The number of pyridine rings is 2. The van der Waals surface area contributed by atoms with Crippen molar-refractivity contribution in [1.82, 2.24) is 9.97 Å². The Bertz CT molecular complexity index is 789. The van der Waals surface area contributed by atoms with Crippen molar-refractivity contribution in [3.63, 3.8) is 0 Å². The fourth-order valence-corrected chi connectivity index (χ4v) is 6.97. The molecule has 3 rings (SSSR count). The Morgan fingerprint density at radius 2 is 1.72 bits per heavy atom. The summed E-state index contributed by atoms with van der Waals surface area (Å²) in [4.78, 5) is 9.29. The lowest BCUT2D eigenvalue weighted by Crippen LogP contribution is -2.41. The molecule has 0 spiro atoms. The Labute approximate surface area is 197 Å². The molecule has 0 N–H and O–H groups in total. The van der Waals surface area contributed by atoms with Gasteiger partial charge in [-0.3, -0.25) is 9.97 Å². The summed E-state index contributed by atoms with van der Waals surface area (Å²) < 4.78 is 0. The van der Waals surface area contributed by atoms with Crippen molar-refractivity contribution in [3.05, 3.63) is 60.2 Å². The fourth-order valence-electron chi connectivity index (χ4n) is 6.97. The van der Waals surface area contributed by atoms with Crippen LogP contribution in [0.1, 0.15) is 97.4 Å². The summed E-state index contributed by atoms with van der Waals surface area (Å²) in [6, 6.07) is 12.7. The summed E-state index contributed by atoms with van der Waals surface area (Å²) in [6.07, 6.45) is 13.0. The number of hydrogen-bond acceptors (Lipinski definition) is 2. The predicted octanol–water partition coefficient (Wildman–Crippen LogP) is 8.34. The van der Waals surface area contributed by atoms with Crippen molar-refractivity contribution in [2.45, 2.75) is 92.4 Å². The van der Waals surface area contributed by atoms with Crippen LogP contribution >= 0.6 is 0 Å². The highest BCUT2D eigenvalue weighted by atomic mass is 14.7. The molecule has 176 valence electrons. The van der Waals surface area contributed by atoms with Gasteiger partial charge in [0.2, 0.25) is 0 Å². The summed E-state index contributed by atoms with van der Waals surface area (Å²) in [5.74, 6) is 4.19. The molecule has 2 nitrogen and oxygen atoms in total. The van der Waals surface area contributed by atoms with E-state index in [1.807, 2.05) is 24.5 Å². The Hall–Kier alpha value is -1.70. The lowest BCUT2D eigenvalue weighted by Gasteiger charge is -2.48. The van der Waals surface area contributed by atoms with E-state index in [2.05, 4.69) is 70.8 Å². The quantitative estimate of drug-likeness (QED) is 0.371. The first kappa shape index (κ1) is 24.9. The summed E-state index contributed by atoms with van der Waals surface area (Å²) >= 11 is 0. The number of aromatic nitrogens is 2. The van der Waals surface area contributed by atoms with E-state index in [0.717, 1.165) is 30.1 Å². The van der Waals surface area contributed by atoms with Crippen LogP contribution in [0.5, 0.6) is 0 Å². The summed E-state index contributed by atoms with van der Waals surface area (Å²) in [5, 5.41) is 0. The zero-order chi connectivity index (χ0) is 23.1. The van der Waals surface area contributed by atoms with Crippen LogP contribution in [0.25, 0.3) is 0 Å². The molecule has 2 heterocycles. The first-order valence-corrected chi connectivity index (χ1v) is 13.2. The first-order chi connectivity index (χ1) is 15.4. The highest BCUT2D eigenvalue weighted by Crippen LogP contribution is 2.55. The van der Waals surface area contributed by atoms with Crippen LogP contribution in [0.3, 0.4) is 0 Å². The molecule has 1 saturated carbocycles. The van der Waals surface area contributed by atoms with Gasteiger partial charge in [-0.1, -0.05) is 66.5 Å². The van der Waals surface area contributed by atoms with Crippen molar-refractivity contribution < 1.29 is 0 Å². The molecule has 2 heteroatoms. The van der Waals surface area contributed by atoms with E-state index in [-0.39, 0.29) is 0 Å². The Kier molecular flexibility index (Phi) is 8.91. The number of aryl methyl sites for hydroxylation is 1. The molecule has 0 aliphatic heterocycles. The maximum atomic E-state index is 4.72. The van der Waals surface area contributed by atoms with Crippen LogP contribution in [0.4, 0.5) is 0 Å². The second kappa shape index (κ2) is 11.4. The third-order valence-electron chi connectivity index (χ3n) is 9.26. The van der Waals surface area contributed by atoms with Crippen molar-refractivity contribution >= 4 is 0 Å². The number of rotatable bonds is 9. The molecule has 0 amide bonds. The largest absolute Gasteiger partial charge is 0.261 e. The maximum absolute atomic E-state index is 4.72. The summed E-state index contributed by atoms with van der Waals surface area (Å²) in [6.45, 7) is 15.0. The summed E-state index contributed by atoms with van der Waals surface area (Å²) in [5.41, 5.74) is 2.89. The van der Waals surface area contributed by atoms with Gasteiger partial charge in [0.05, 0.1) is 0 Å². The highest BCUT2D eigenvalue weighted by Gasteiger charge is 2.47. The van der Waals surface area contributed by atoms with Crippen molar-refractivity contribution in [1.29, 1.82) is 0 Å². The van der Waals surface area contributed by atoms with Gasteiger partial charge >= 0.3 is 0 Å². The van der Waals surface area contributed by atoms with Crippen LogP contribution in [0.2, 0.25) is 0 Å². The van der Waals surface area contributed by atoms with Gasteiger partial charge in [-0.25, -0.2) is 0 Å². The predicted molar refractivity (Wildman–Crippen MR) is 137 cm³/mol. The number of nitrogens with zero attached hydrogens (tertiary/aromatic N) is 2. The Balaban J connectivity index is 1.78. The van der Waals surface area contributed by atoms with Crippen LogP contribution in [-0.4, -0.2) is 9.97 Å². The van der Waals surface area contributed by atoms with Gasteiger partial charge in [0.15, 0.2) is 0 Å². The molecule has 2 aromatic rings. The van der Waals surface area contributed by atoms with Crippen molar-refractivity contribution in [2.75, 3.05) is 0 Å². The molecule has 1 aliphatic carbocycles. The van der Waals surface area contributed by atoms with Crippen LogP contribution in [-0.2, 0) is 6.42 Å². The van der Waals surface area contributed by atoms with Gasteiger partial charge in [0.25, 0.3) is 0 Å². The minimum Gasteiger partial charge on any atom is -0.261 e. The Morgan fingerprint density at radius 3 is 2.34 bits per heavy atom.